The van der Waals surface area contributed by atoms with E-state index in [0.717, 1.165) is 25.8 Å². The van der Waals surface area contributed by atoms with Gasteiger partial charge in [-0.3, -0.25) is 14.5 Å². The second kappa shape index (κ2) is 9.37. The van der Waals surface area contributed by atoms with E-state index < -0.39 is 5.82 Å². The Morgan fingerprint density at radius 3 is 2.79 bits per heavy atom. The van der Waals surface area contributed by atoms with Crippen molar-refractivity contribution in [2.75, 3.05) is 39.3 Å². The quantitative estimate of drug-likeness (QED) is 0.591. The first kappa shape index (κ1) is 18.4. The number of amides is 1. The first-order valence-corrected chi connectivity index (χ1v) is 8.53. The molecular weight excluding hydrogens is 311 g/mol. The lowest BCUT2D eigenvalue weighted by Gasteiger charge is -2.21. The highest BCUT2D eigenvalue weighted by molar-refractivity contribution is 5.94. The van der Waals surface area contributed by atoms with Crippen molar-refractivity contribution in [3.05, 3.63) is 35.6 Å². The maximum atomic E-state index is 13.3. The number of carbonyl (C=O) groups is 2. The second-order valence-corrected chi connectivity index (χ2v) is 6.01. The molecule has 0 atom stereocenters. The Balaban J connectivity index is 1.84. The predicted molar refractivity (Wildman–Crippen MR) is 89.2 cm³/mol. The van der Waals surface area contributed by atoms with E-state index in [2.05, 4.69) is 0 Å². The molecule has 0 saturated carbocycles. The fourth-order valence-corrected chi connectivity index (χ4v) is 2.69. The van der Waals surface area contributed by atoms with Crippen LogP contribution in [0.25, 0.3) is 0 Å². The molecule has 1 aliphatic rings. The number of hydrogen-bond donors (Lipinski definition) is 0. The smallest absolute Gasteiger partial charge is 0.320 e. The Hall–Kier alpha value is -1.95. The van der Waals surface area contributed by atoms with E-state index in [0.29, 0.717) is 31.8 Å². The molecule has 0 bridgehead atoms. The first-order valence-electron chi connectivity index (χ1n) is 8.53. The average molecular weight is 336 g/mol. The molecule has 1 heterocycles. The van der Waals surface area contributed by atoms with Gasteiger partial charge in [-0.2, -0.15) is 0 Å². The van der Waals surface area contributed by atoms with E-state index in [4.69, 9.17) is 4.74 Å². The normalized spacial score (nSPS) is 15.8. The van der Waals surface area contributed by atoms with Crippen molar-refractivity contribution < 1.29 is 18.7 Å². The van der Waals surface area contributed by atoms with Gasteiger partial charge >= 0.3 is 5.97 Å². The number of carbonyl (C=O) groups excluding carboxylic acids is 2. The molecular formula is C18H25FN2O3. The van der Waals surface area contributed by atoms with Gasteiger partial charge in [-0.05, 0) is 31.0 Å². The number of benzene rings is 1. The van der Waals surface area contributed by atoms with Gasteiger partial charge in [-0.1, -0.05) is 19.4 Å². The molecule has 1 aromatic carbocycles. The summed E-state index contributed by atoms with van der Waals surface area (Å²) >= 11 is 0. The number of halogens is 1. The summed E-state index contributed by atoms with van der Waals surface area (Å²) in [6.45, 7) is 5.26. The summed E-state index contributed by atoms with van der Waals surface area (Å²) in [7, 11) is 0. The van der Waals surface area contributed by atoms with E-state index in [9.17, 15) is 14.0 Å². The third kappa shape index (κ3) is 5.60. The van der Waals surface area contributed by atoms with E-state index in [-0.39, 0.29) is 18.4 Å². The fourth-order valence-electron chi connectivity index (χ4n) is 2.69. The van der Waals surface area contributed by atoms with Crippen molar-refractivity contribution in [1.29, 1.82) is 0 Å². The molecule has 0 radical (unpaired) electrons. The highest BCUT2D eigenvalue weighted by Crippen LogP contribution is 2.11. The van der Waals surface area contributed by atoms with Crippen LogP contribution in [0, 0.1) is 5.82 Å². The van der Waals surface area contributed by atoms with Crippen molar-refractivity contribution >= 4 is 11.9 Å². The number of ether oxygens (including phenoxy) is 1. The highest BCUT2D eigenvalue weighted by atomic mass is 19.1. The minimum absolute atomic E-state index is 0.165. The average Bonchev–Trinajstić information content (AvgIpc) is 2.80. The lowest BCUT2D eigenvalue weighted by Crippen LogP contribution is -2.37. The molecule has 0 aliphatic carbocycles. The van der Waals surface area contributed by atoms with Crippen LogP contribution >= 0.6 is 0 Å². The standard InChI is InChI=1S/C18H25FN2O3/c1-2-3-12-24-17(22)14-20-8-5-9-21(11-10-20)18(23)15-6-4-7-16(19)13-15/h4,6-7,13H,2-3,5,8-12,14H2,1H3. The molecule has 1 aliphatic heterocycles. The van der Waals surface area contributed by atoms with Gasteiger partial charge in [-0.15, -0.1) is 0 Å². The van der Waals surface area contributed by atoms with E-state index in [1.807, 2.05) is 11.8 Å². The predicted octanol–water partition coefficient (Wildman–Crippen LogP) is 2.32. The summed E-state index contributed by atoms with van der Waals surface area (Å²) in [6, 6.07) is 5.75. The Morgan fingerprint density at radius 1 is 1.21 bits per heavy atom. The van der Waals surface area contributed by atoms with Crippen LogP contribution in [0.3, 0.4) is 0 Å². The van der Waals surface area contributed by atoms with Crippen molar-refractivity contribution in [3.63, 3.8) is 0 Å². The third-order valence-corrected chi connectivity index (χ3v) is 4.06. The minimum atomic E-state index is -0.410. The Labute approximate surface area is 142 Å². The van der Waals surface area contributed by atoms with Gasteiger partial charge < -0.3 is 9.64 Å². The lowest BCUT2D eigenvalue weighted by molar-refractivity contribution is -0.145. The van der Waals surface area contributed by atoms with Crippen LogP contribution < -0.4 is 0 Å². The molecule has 2 rings (SSSR count). The van der Waals surface area contributed by atoms with E-state index in [1.165, 1.54) is 12.1 Å². The summed E-state index contributed by atoms with van der Waals surface area (Å²) < 4.78 is 18.5. The molecule has 1 saturated heterocycles. The molecule has 132 valence electrons. The van der Waals surface area contributed by atoms with Crippen LogP contribution in [0.15, 0.2) is 24.3 Å². The molecule has 24 heavy (non-hydrogen) atoms. The Kier molecular flexibility index (Phi) is 7.18. The molecule has 1 fully saturated rings. The van der Waals surface area contributed by atoms with Crippen LogP contribution in [-0.2, 0) is 9.53 Å². The largest absolute Gasteiger partial charge is 0.465 e. The maximum absolute atomic E-state index is 13.3. The van der Waals surface area contributed by atoms with Gasteiger partial charge in [0.1, 0.15) is 5.82 Å². The summed E-state index contributed by atoms with van der Waals surface area (Å²) in [5.74, 6) is -0.789. The summed E-state index contributed by atoms with van der Waals surface area (Å²) in [4.78, 5) is 28.0. The maximum Gasteiger partial charge on any atom is 0.320 e. The van der Waals surface area contributed by atoms with Gasteiger partial charge in [-0.25, -0.2) is 4.39 Å². The monoisotopic (exact) mass is 336 g/mol. The number of nitrogens with zero attached hydrogens (tertiary/aromatic N) is 2. The van der Waals surface area contributed by atoms with Crippen molar-refractivity contribution in [3.8, 4) is 0 Å². The molecule has 0 unspecified atom stereocenters. The SMILES string of the molecule is CCCCOC(=O)CN1CCCN(C(=O)c2cccc(F)c2)CC1. The van der Waals surface area contributed by atoms with Crippen molar-refractivity contribution in [2.45, 2.75) is 26.2 Å². The summed E-state index contributed by atoms with van der Waals surface area (Å²) in [5.41, 5.74) is 0.363. The zero-order valence-electron chi connectivity index (χ0n) is 14.2. The van der Waals surface area contributed by atoms with Crippen LogP contribution in [0.4, 0.5) is 4.39 Å². The zero-order valence-corrected chi connectivity index (χ0v) is 14.2. The zero-order chi connectivity index (χ0) is 17.4. The lowest BCUT2D eigenvalue weighted by atomic mass is 10.2. The van der Waals surface area contributed by atoms with Crippen LogP contribution in [0.1, 0.15) is 36.5 Å². The van der Waals surface area contributed by atoms with Gasteiger partial charge in [0.05, 0.1) is 13.2 Å². The van der Waals surface area contributed by atoms with E-state index in [1.54, 1.807) is 17.0 Å². The van der Waals surface area contributed by atoms with Crippen LogP contribution in [0.5, 0.6) is 0 Å². The first-order chi connectivity index (χ1) is 11.6. The van der Waals surface area contributed by atoms with Gasteiger partial charge in [0.15, 0.2) is 0 Å². The molecule has 0 aromatic heterocycles. The molecule has 1 amide bonds. The van der Waals surface area contributed by atoms with Crippen LogP contribution in [-0.4, -0.2) is 61.0 Å². The minimum Gasteiger partial charge on any atom is -0.465 e. The summed E-state index contributed by atoms with van der Waals surface area (Å²) in [5, 5.41) is 0. The van der Waals surface area contributed by atoms with E-state index >= 15 is 0 Å². The van der Waals surface area contributed by atoms with Gasteiger partial charge in [0, 0.05) is 31.7 Å². The fraction of sp³-hybridized carbons (Fsp3) is 0.556. The second-order valence-electron chi connectivity index (χ2n) is 6.01. The van der Waals surface area contributed by atoms with Crippen molar-refractivity contribution in [1.82, 2.24) is 9.80 Å². The number of rotatable bonds is 6. The topological polar surface area (TPSA) is 49.9 Å². The molecule has 0 spiro atoms. The Bertz CT molecular complexity index is 565. The molecule has 0 N–H and O–H groups in total. The Morgan fingerprint density at radius 2 is 2.04 bits per heavy atom. The van der Waals surface area contributed by atoms with Crippen molar-refractivity contribution in [2.24, 2.45) is 0 Å². The van der Waals surface area contributed by atoms with Gasteiger partial charge in [0.2, 0.25) is 0 Å². The third-order valence-electron chi connectivity index (χ3n) is 4.06. The molecule has 1 aromatic rings. The summed E-state index contributed by atoms with van der Waals surface area (Å²) in [6.07, 6.45) is 2.65. The highest BCUT2D eigenvalue weighted by Gasteiger charge is 2.22. The van der Waals surface area contributed by atoms with Gasteiger partial charge in [0.25, 0.3) is 5.91 Å². The number of esters is 1. The molecule has 6 heteroatoms. The number of unbranched alkanes of at least 4 members (excludes halogenated alkanes) is 1. The number of hydrogen-bond acceptors (Lipinski definition) is 4. The van der Waals surface area contributed by atoms with Crippen LogP contribution in [0.2, 0.25) is 0 Å². The molecule has 5 nitrogen and oxygen atoms in total.